The molecule has 1 spiro atoms. The van der Waals surface area contributed by atoms with E-state index in [0.29, 0.717) is 0 Å². The minimum Gasteiger partial charge on any atom is -0.372 e. The molecule has 0 aromatic carbocycles. The van der Waals surface area contributed by atoms with E-state index in [1.165, 1.54) is 12.8 Å². The van der Waals surface area contributed by atoms with Gasteiger partial charge in [-0.2, -0.15) is 0 Å². The van der Waals surface area contributed by atoms with E-state index >= 15 is 0 Å². The third-order valence-corrected chi connectivity index (χ3v) is 2.61. The molecule has 0 aromatic rings. The molecular weight excluding hydrogens is 150 g/mol. The monoisotopic (exact) mass is 165 g/mol. The van der Waals surface area contributed by atoms with Crippen molar-refractivity contribution in [3.8, 4) is 11.8 Å². The summed E-state index contributed by atoms with van der Waals surface area (Å²) < 4.78 is 5.70. The van der Waals surface area contributed by atoms with Gasteiger partial charge >= 0.3 is 0 Å². The van der Waals surface area contributed by atoms with Gasteiger partial charge < -0.3 is 4.74 Å². The van der Waals surface area contributed by atoms with Crippen molar-refractivity contribution in [3.63, 3.8) is 0 Å². The lowest BCUT2D eigenvalue weighted by Crippen LogP contribution is -2.43. The molecule has 2 aliphatic rings. The normalized spacial score (nSPS) is 26.4. The summed E-state index contributed by atoms with van der Waals surface area (Å²) in [6.07, 6.45) is 2.51. The zero-order chi connectivity index (χ0) is 8.44. The van der Waals surface area contributed by atoms with Crippen LogP contribution < -0.4 is 0 Å². The van der Waals surface area contributed by atoms with E-state index in [4.69, 9.17) is 4.74 Å². The molecule has 0 radical (unpaired) electrons. The first kappa shape index (κ1) is 8.10. The van der Waals surface area contributed by atoms with Crippen molar-refractivity contribution in [2.75, 3.05) is 26.2 Å². The average Bonchev–Trinajstić information content (AvgIpc) is 2.82. The molecule has 2 nitrogen and oxygen atoms in total. The van der Waals surface area contributed by atoms with Crippen LogP contribution >= 0.6 is 0 Å². The predicted octanol–water partition coefficient (Wildman–Crippen LogP) is 0.875. The van der Waals surface area contributed by atoms with Crippen LogP contribution in [0.4, 0.5) is 0 Å². The summed E-state index contributed by atoms with van der Waals surface area (Å²) in [5.41, 5.74) is 0.258. The van der Waals surface area contributed by atoms with E-state index < -0.39 is 0 Å². The molecule has 0 unspecified atom stereocenters. The van der Waals surface area contributed by atoms with Crippen LogP contribution in [0.3, 0.4) is 0 Å². The highest BCUT2D eigenvalue weighted by Gasteiger charge is 2.47. The van der Waals surface area contributed by atoms with Crippen LogP contribution in [-0.2, 0) is 4.74 Å². The largest absolute Gasteiger partial charge is 0.372 e. The van der Waals surface area contributed by atoms with Gasteiger partial charge in [0.05, 0.1) is 18.8 Å². The fourth-order valence-electron chi connectivity index (χ4n) is 1.69. The molecule has 12 heavy (non-hydrogen) atoms. The fourth-order valence-corrected chi connectivity index (χ4v) is 1.69. The quantitative estimate of drug-likeness (QED) is 0.535. The Labute approximate surface area is 73.9 Å². The molecule has 1 aliphatic heterocycles. The maximum atomic E-state index is 5.70. The van der Waals surface area contributed by atoms with Crippen LogP contribution in [0.15, 0.2) is 0 Å². The van der Waals surface area contributed by atoms with Gasteiger partial charge in [-0.25, -0.2) is 0 Å². The molecule has 2 fully saturated rings. The van der Waals surface area contributed by atoms with E-state index in [9.17, 15) is 0 Å². The highest BCUT2D eigenvalue weighted by atomic mass is 16.5. The van der Waals surface area contributed by atoms with Crippen molar-refractivity contribution in [3.05, 3.63) is 0 Å². The SMILES string of the molecule is CC#CCN1CCOC2(CC2)C1. The summed E-state index contributed by atoms with van der Waals surface area (Å²) in [7, 11) is 0. The average molecular weight is 165 g/mol. The molecule has 0 bridgehead atoms. The maximum Gasteiger partial charge on any atom is 0.0811 e. The summed E-state index contributed by atoms with van der Waals surface area (Å²) in [4.78, 5) is 2.40. The second kappa shape index (κ2) is 3.08. The van der Waals surface area contributed by atoms with Crippen LogP contribution in [-0.4, -0.2) is 36.7 Å². The van der Waals surface area contributed by atoms with E-state index in [0.717, 1.165) is 26.2 Å². The van der Waals surface area contributed by atoms with Crippen molar-refractivity contribution >= 4 is 0 Å². The van der Waals surface area contributed by atoms with Crippen LogP contribution in [0.5, 0.6) is 0 Å². The second-order valence-electron chi connectivity index (χ2n) is 3.67. The van der Waals surface area contributed by atoms with E-state index in [1.54, 1.807) is 0 Å². The molecule has 1 saturated carbocycles. The Bertz CT molecular complexity index is 222. The van der Waals surface area contributed by atoms with Gasteiger partial charge in [0.25, 0.3) is 0 Å². The Kier molecular flexibility index (Phi) is 2.08. The molecule has 0 N–H and O–H groups in total. The van der Waals surface area contributed by atoms with E-state index in [-0.39, 0.29) is 5.60 Å². The van der Waals surface area contributed by atoms with Gasteiger partial charge in [-0.1, -0.05) is 5.92 Å². The van der Waals surface area contributed by atoms with Gasteiger partial charge in [0.1, 0.15) is 0 Å². The Balaban J connectivity index is 1.85. The predicted molar refractivity (Wildman–Crippen MR) is 47.8 cm³/mol. The zero-order valence-electron chi connectivity index (χ0n) is 7.60. The van der Waals surface area contributed by atoms with Gasteiger partial charge in [-0.05, 0) is 19.8 Å². The minimum absolute atomic E-state index is 0.258. The first-order valence-electron chi connectivity index (χ1n) is 4.61. The van der Waals surface area contributed by atoms with Crippen molar-refractivity contribution in [1.82, 2.24) is 4.90 Å². The maximum absolute atomic E-state index is 5.70. The van der Waals surface area contributed by atoms with Gasteiger partial charge in [-0.3, -0.25) is 4.90 Å². The topological polar surface area (TPSA) is 12.5 Å². The van der Waals surface area contributed by atoms with Crippen molar-refractivity contribution < 1.29 is 4.74 Å². The van der Waals surface area contributed by atoms with E-state index in [1.807, 2.05) is 6.92 Å². The Morgan fingerprint density at radius 2 is 2.33 bits per heavy atom. The molecule has 1 heterocycles. The molecule has 1 saturated heterocycles. The van der Waals surface area contributed by atoms with Crippen LogP contribution in [0, 0.1) is 11.8 Å². The van der Waals surface area contributed by atoms with Gasteiger partial charge in [-0.15, -0.1) is 5.92 Å². The Hall–Kier alpha value is -0.520. The lowest BCUT2D eigenvalue weighted by molar-refractivity contribution is -0.0416. The van der Waals surface area contributed by atoms with Gasteiger partial charge in [0.15, 0.2) is 0 Å². The van der Waals surface area contributed by atoms with Gasteiger partial charge in [0, 0.05) is 13.1 Å². The second-order valence-corrected chi connectivity index (χ2v) is 3.67. The smallest absolute Gasteiger partial charge is 0.0811 e. The summed E-state index contributed by atoms with van der Waals surface area (Å²) in [5.74, 6) is 6.03. The van der Waals surface area contributed by atoms with Crippen LogP contribution in [0.1, 0.15) is 19.8 Å². The van der Waals surface area contributed by atoms with E-state index in [2.05, 4.69) is 16.7 Å². The number of morpholine rings is 1. The third kappa shape index (κ3) is 1.63. The van der Waals surface area contributed by atoms with Gasteiger partial charge in [0.2, 0.25) is 0 Å². The lowest BCUT2D eigenvalue weighted by atomic mass is 10.2. The summed E-state index contributed by atoms with van der Waals surface area (Å²) in [6.45, 7) is 5.86. The standard InChI is InChI=1S/C10H15NO/c1-2-3-6-11-7-8-12-10(9-11)4-5-10/h4-9H2,1H3. The summed E-state index contributed by atoms with van der Waals surface area (Å²) in [6, 6.07) is 0. The first-order valence-corrected chi connectivity index (χ1v) is 4.61. The first-order chi connectivity index (χ1) is 5.85. The number of ether oxygens (including phenoxy) is 1. The summed E-state index contributed by atoms with van der Waals surface area (Å²) >= 11 is 0. The molecule has 2 heteroatoms. The van der Waals surface area contributed by atoms with Crippen molar-refractivity contribution in [2.45, 2.75) is 25.4 Å². The minimum atomic E-state index is 0.258. The molecule has 0 atom stereocenters. The van der Waals surface area contributed by atoms with Crippen LogP contribution in [0.2, 0.25) is 0 Å². The highest BCUT2D eigenvalue weighted by molar-refractivity contribution is 5.04. The molecule has 1 aliphatic carbocycles. The molecule has 0 amide bonds. The van der Waals surface area contributed by atoms with Crippen molar-refractivity contribution in [1.29, 1.82) is 0 Å². The number of hydrogen-bond donors (Lipinski definition) is 0. The summed E-state index contributed by atoms with van der Waals surface area (Å²) in [5, 5.41) is 0. The number of nitrogens with zero attached hydrogens (tertiary/aromatic N) is 1. The van der Waals surface area contributed by atoms with Crippen molar-refractivity contribution in [2.24, 2.45) is 0 Å². The highest BCUT2D eigenvalue weighted by Crippen LogP contribution is 2.41. The zero-order valence-corrected chi connectivity index (χ0v) is 7.60. The third-order valence-electron chi connectivity index (χ3n) is 2.61. The van der Waals surface area contributed by atoms with Crippen LogP contribution in [0.25, 0.3) is 0 Å². The lowest BCUT2D eigenvalue weighted by Gasteiger charge is -2.31. The number of hydrogen-bond acceptors (Lipinski definition) is 2. The Morgan fingerprint density at radius 1 is 1.50 bits per heavy atom. The Morgan fingerprint density at radius 3 is 3.00 bits per heavy atom. The molecular formula is C10H15NO. The molecule has 2 rings (SSSR count). The fraction of sp³-hybridized carbons (Fsp3) is 0.800. The molecule has 0 aromatic heterocycles. The number of rotatable bonds is 1. The molecule has 66 valence electrons.